The summed E-state index contributed by atoms with van der Waals surface area (Å²) in [7, 11) is 1.65. The van der Waals surface area contributed by atoms with Crippen LogP contribution in [-0.2, 0) is 0 Å². The number of likely N-dealkylation sites (tertiary alicyclic amines) is 1. The zero-order chi connectivity index (χ0) is 13.7. The van der Waals surface area contributed by atoms with Crippen molar-refractivity contribution in [3.05, 3.63) is 29.8 Å². The van der Waals surface area contributed by atoms with E-state index in [0.717, 1.165) is 37.2 Å². The number of hydrogen-bond acceptors (Lipinski definition) is 2. The maximum atomic E-state index is 12.1. The first kappa shape index (κ1) is 13.7. The van der Waals surface area contributed by atoms with Gasteiger partial charge in [-0.05, 0) is 43.9 Å². The molecular formula is C15H22N2O2. The lowest BCUT2D eigenvalue weighted by Crippen LogP contribution is -2.43. The van der Waals surface area contributed by atoms with E-state index in [9.17, 15) is 4.79 Å². The summed E-state index contributed by atoms with van der Waals surface area (Å²) in [4.78, 5) is 14.0. The summed E-state index contributed by atoms with van der Waals surface area (Å²) in [6, 6.07) is 7.86. The molecule has 1 fully saturated rings. The van der Waals surface area contributed by atoms with Crippen molar-refractivity contribution in [3.8, 4) is 5.75 Å². The number of ether oxygens (including phenoxy) is 1. The van der Waals surface area contributed by atoms with E-state index in [-0.39, 0.29) is 12.1 Å². The number of urea groups is 1. The third-order valence-corrected chi connectivity index (χ3v) is 3.60. The first-order chi connectivity index (χ1) is 9.20. The predicted octanol–water partition coefficient (Wildman–Crippen LogP) is 2.95. The van der Waals surface area contributed by atoms with Crippen LogP contribution in [0.5, 0.6) is 5.75 Å². The molecule has 1 saturated heterocycles. The Morgan fingerprint density at radius 2 is 1.84 bits per heavy atom. The van der Waals surface area contributed by atoms with Crippen LogP contribution in [0.2, 0.25) is 0 Å². The first-order valence-electron chi connectivity index (χ1n) is 6.90. The molecule has 1 N–H and O–H groups in total. The second-order valence-corrected chi connectivity index (χ2v) is 4.99. The lowest BCUT2D eigenvalue weighted by molar-refractivity contribution is 0.183. The number of rotatable bonds is 3. The van der Waals surface area contributed by atoms with Crippen molar-refractivity contribution in [2.75, 3.05) is 20.2 Å². The SMILES string of the molecule is COc1ccc(C(C)NC(=O)N2CCCCC2)cc1. The van der Waals surface area contributed by atoms with Gasteiger partial charge in [0.2, 0.25) is 0 Å². The molecule has 1 unspecified atom stereocenters. The van der Waals surface area contributed by atoms with E-state index in [1.807, 2.05) is 36.1 Å². The molecule has 4 heteroatoms. The number of carbonyl (C=O) groups is 1. The number of amides is 2. The number of methoxy groups -OCH3 is 1. The Bertz CT molecular complexity index is 411. The molecule has 1 atom stereocenters. The van der Waals surface area contributed by atoms with E-state index in [4.69, 9.17) is 4.74 Å². The van der Waals surface area contributed by atoms with Crippen LogP contribution in [-0.4, -0.2) is 31.1 Å². The minimum absolute atomic E-state index is 0.0142. The van der Waals surface area contributed by atoms with Gasteiger partial charge in [0.25, 0.3) is 0 Å². The third-order valence-electron chi connectivity index (χ3n) is 3.60. The van der Waals surface area contributed by atoms with Gasteiger partial charge in [0.1, 0.15) is 5.75 Å². The van der Waals surface area contributed by atoms with E-state index >= 15 is 0 Å². The van der Waals surface area contributed by atoms with Crippen molar-refractivity contribution < 1.29 is 9.53 Å². The van der Waals surface area contributed by atoms with Gasteiger partial charge in [-0.1, -0.05) is 12.1 Å². The molecule has 2 rings (SSSR count). The number of hydrogen-bond donors (Lipinski definition) is 1. The normalized spacial score (nSPS) is 16.8. The van der Waals surface area contributed by atoms with Gasteiger partial charge in [-0.2, -0.15) is 0 Å². The molecule has 1 aliphatic rings. The maximum Gasteiger partial charge on any atom is 0.317 e. The van der Waals surface area contributed by atoms with Crippen molar-refractivity contribution in [3.63, 3.8) is 0 Å². The van der Waals surface area contributed by atoms with Crippen molar-refractivity contribution in [2.24, 2.45) is 0 Å². The van der Waals surface area contributed by atoms with Gasteiger partial charge in [-0.3, -0.25) is 0 Å². The molecule has 1 heterocycles. The average Bonchev–Trinajstić information content (AvgIpc) is 2.48. The smallest absolute Gasteiger partial charge is 0.317 e. The Balaban J connectivity index is 1.91. The predicted molar refractivity (Wildman–Crippen MR) is 75.4 cm³/mol. The minimum atomic E-state index is 0.0142. The topological polar surface area (TPSA) is 41.6 Å². The highest BCUT2D eigenvalue weighted by atomic mass is 16.5. The standard InChI is InChI=1S/C15H22N2O2/c1-12(13-6-8-14(19-2)9-7-13)16-15(18)17-10-4-3-5-11-17/h6-9,12H,3-5,10-11H2,1-2H3,(H,16,18). The fourth-order valence-electron chi connectivity index (χ4n) is 2.35. The summed E-state index contributed by atoms with van der Waals surface area (Å²) < 4.78 is 5.13. The van der Waals surface area contributed by atoms with E-state index in [0.29, 0.717) is 0 Å². The van der Waals surface area contributed by atoms with Crippen LogP contribution in [0.4, 0.5) is 4.79 Å². The summed E-state index contributed by atoms with van der Waals surface area (Å²) in [6.07, 6.45) is 3.46. The van der Waals surface area contributed by atoms with E-state index in [1.54, 1.807) is 7.11 Å². The Hall–Kier alpha value is -1.71. The summed E-state index contributed by atoms with van der Waals surface area (Å²) in [5.41, 5.74) is 1.09. The highest BCUT2D eigenvalue weighted by Crippen LogP contribution is 2.18. The summed E-state index contributed by atoms with van der Waals surface area (Å²) in [6.45, 7) is 3.76. The Morgan fingerprint density at radius 3 is 2.42 bits per heavy atom. The lowest BCUT2D eigenvalue weighted by atomic mass is 10.1. The highest BCUT2D eigenvalue weighted by Gasteiger charge is 2.18. The molecular weight excluding hydrogens is 240 g/mol. The van der Waals surface area contributed by atoms with E-state index in [1.165, 1.54) is 6.42 Å². The molecule has 0 aromatic heterocycles. The Morgan fingerprint density at radius 1 is 1.21 bits per heavy atom. The quantitative estimate of drug-likeness (QED) is 0.910. The summed E-state index contributed by atoms with van der Waals surface area (Å²) in [5, 5.41) is 3.05. The van der Waals surface area contributed by atoms with Gasteiger partial charge in [0.05, 0.1) is 13.2 Å². The molecule has 104 valence electrons. The first-order valence-corrected chi connectivity index (χ1v) is 6.90. The molecule has 1 aromatic rings. The van der Waals surface area contributed by atoms with Crippen LogP contribution in [0, 0.1) is 0 Å². The van der Waals surface area contributed by atoms with Crippen molar-refractivity contribution in [2.45, 2.75) is 32.2 Å². The number of nitrogens with zero attached hydrogens (tertiary/aromatic N) is 1. The number of piperidine rings is 1. The number of nitrogens with one attached hydrogen (secondary N) is 1. The fraction of sp³-hybridized carbons (Fsp3) is 0.533. The molecule has 1 aromatic carbocycles. The molecule has 19 heavy (non-hydrogen) atoms. The van der Waals surface area contributed by atoms with Gasteiger partial charge in [0, 0.05) is 13.1 Å². The monoisotopic (exact) mass is 262 g/mol. The molecule has 4 nitrogen and oxygen atoms in total. The molecule has 0 radical (unpaired) electrons. The van der Waals surface area contributed by atoms with Crippen molar-refractivity contribution >= 4 is 6.03 Å². The van der Waals surface area contributed by atoms with Gasteiger partial charge < -0.3 is 15.0 Å². The third kappa shape index (κ3) is 3.63. The van der Waals surface area contributed by atoms with Crippen LogP contribution in [0.15, 0.2) is 24.3 Å². The largest absolute Gasteiger partial charge is 0.497 e. The second-order valence-electron chi connectivity index (χ2n) is 4.99. The van der Waals surface area contributed by atoms with Gasteiger partial charge in [-0.25, -0.2) is 4.79 Å². The summed E-state index contributed by atoms with van der Waals surface area (Å²) in [5.74, 6) is 0.832. The second kappa shape index (κ2) is 6.45. The van der Waals surface area contributed by atoms with E-state index in [2.05, 4.69) is 5.32 Å². The highest BCUT2D eigenvalue weighted by molar-refractivity contribution is 5.74. The van der Waals surface area contributed by atoms with Crippen molar-refractivity contribution in [1.82, 2.24) is 10.2 Å². The Labute approximate surface area is 114 Å². The van der Waals surface area contributed by atoms with Gasteiger partial charge >= 0.3 is 6.03 Å². The number of benzene rings is 1. The lowest BCUT2D eigenvalue weighted by Gasteiger charge is -2.28. The molecule has 0 bridgehead atoms. The molecule has 0 saturated carbocycles. The molecule has 0 aliphatic carbocycles. The van der Waals surface area contributed by atoms with Crippen LogP contribution in [0.1, 0.15) is 37.8 Å². The van der Waals surface area contributed by atoms with Crippen LogP contribution in [0.3, 0.4) is 0 Å². The fourth-order valence-corrected chi connectivity index (χ4v) is 2.35. The molecule has 1 aliphatic heterocycles. The average molecular weight is 262 g/mol. The van der Waals surface area contributed by atoms with Gasteiger partial charge in [0.15, 0.2) is 0 Å². The zero-order valence-electron chi connectivity index (χ0n) is 11.7. The summed E-state index contributed by atoms with van der Waals surface area (Å²) >= 11 is 0. The van der Waals surface area contributed by atoms with Crippen molar-refractivity contribution in [1.29, 1.82) is 0 Å². The Kier molecular flexibility index (Phi) is 4.66. The van der Waals surface area contributed by atoms with E-state index < -0.39 is 0 Å². The van der Waals surface area contributed by atoms with Crippen LogP contribution >= 0.6 is 0 Å². The molecule has 0 spiro atoms. The van der Waals surface area contributed by atoms with Crippen LogP contribution < -0.4 is 10.1 Å². The maximum absolute atomic E-state index is 12.1. The van der Waals surface area contributed by atoms with Crippen LogP contribution in [0.25, 0.3) is 0 Å². The zero-order valence-corrected chi connectivity index (χ0v) is 11.7. The minimum Gasteiger partial charge on any atom is -0.497 e. The molecule has 2 amide bonds. The van der Waals surface area contributed by atoms with Gasteiger partial charge in [-0.15, -0.1) is 0 Å². The number of carbonyl (C=O) groups excluding carboxylic acids is 1.